The summed E-state index contributed by atoms with van der Waals surface area (Å²) >= 11 is 0. The zero-order valence-corrected chi connectivity index (χ0v) is 12.1. The van der Waals surface area contributed by atoms with Crippen LogP contribution < -0.4 is 0 Å². The van der Waals surface area contributed by atoms with Gasteiger partial charge in [-0.25, -0.2) is 0 Å². The van der Waals surface area contributed by atoms with Crippen molar-refractivity contribution in [3.05, 3.63) is 35.4 Å². The van der Waals surface area contributed by atoms with E-state index < -0.39 is 0 Å². The molecule has 0 unspecified atom stereocenters. The lowest BCUT2D eigenvalue weighted by atomic mass is 10.1. The Morgan fingerprint density at radius 2 is 2.00 bits per heavy atom. The molecule has 0 bridgehead atoms. The van der Waals surface area contributed by atoms with Crippen molar-refractivity contribution in [2.45, 2.75) is 38.3 Å². The number of likely N-dealkylation sites (tertiary alicyclic amines) is 2. The van der Waals surface area contributed by atoms with Crippen molar-refractivity contribution >= 4 is 0 Å². The number of benzene rings is 1. The van der Waals surface area contributed by atoms with Gasteiger partial charge in [-0.05, 0) is 50.0 Å². The molecule has 3 rings (SSSR count). The monoisotopic (exact) mass is 269 g/mol. The Labute approximate surface area is 121 Å². The summed E-state index contributed by atoms with van der Waals surface area (Å²) in [5.74, 6) is 0. The van der Waals surface area contributed by atoms with Crippen molar-refractivity contribution in [3.8, 4) is 6.07 Å². The fourth-order valence-corrected chi connectivity index (χ4v) is 3.53. The van der Waals surface area contributed by atoms with Crippen molar-refractivity contribution in [2.24, 2.45) is 0 Å². The largest absolute Gasteiger partial charge is 0.299 e. The molecule has 2 saturated heterocycles. The summed E-state index contributed by atoms with van der Waals surface area (Å²) in [6, 6.07) is 11.0. The van der Waals surface area contributed by atoms with Gasteiger partial charge in [0, 0.05) is 25.7 Å². The van der Waals surface area contributed by atoms with E-state index in [4.69, 9.17) is 5.26 Å². The molecule has 2 fully saturated rings. The minimum Gasteiger partial charge on any atom is -0.299 e. The second kappa shape index (κ2) is 6.39. The molecule has 106 valence electrons. The zero-order valence-electron chi connectivity index (χ0n) is 12.1. The lowest BCUT2D eigenvalue weighted by Crippen LogP contribution is -2.40. The third-order valence-corrected chi connectivity index (χ3v) is 4.62. The third kappa shape index (κ3) is 3.20. The molecule has 0 spiro atoms. The summed E-state index contributed by atoms with van der Waals surface area (Å²) in [5, 5.41) is 8.96. The van der Waals surface area contributed by atoms with Gasteiger partial charge in [-0.15, -0.1) is 0 Å². The van der Waals surface area contributed by atoms with E-state index in [1.54, 1.807) is 0 Å². The molecule has 0 amide bonds. The van der Waals surface area contributed by atoms with Crippen LogP contribution in [0.15, 0.2) is 24.3 Å². The molecular formula is C17H23N3. The Kier molecular flexibility index (Phi) is 4.34. The summed E-state index contributed by atoms with van der Waals surface area (Å²) in [6.45, 7) is 5.96. The van der Waals surface area contributed by atoms with Gasteiger partial charge in [-0.3, -0.25) is 9.80 Å². The van der Waals surface area contributed by atoms with Gasteiger partial charge < -0.3 is 0 Å². The van der Waals surface area contributed by atoms with E-state index in [9.17, 15) is 0 Å². The molecule has 0 radical (unpaired) electrons. The normalized spacial score (nSPS) is 24.6. The standard InChI is InChI=1S/C17H23N3/c18-12-15-5-4-6-16(11-15)13-19-10-7-17(14-19)20-8-2-1-3-9-20/h4-6,11,17H,1-3,7-10,13-14H2/t17-/m0/s1. The van der Waals surface area contributed by atoms with Crippen LogP contribution in [-0.2, 0) is 6.54 Å². The van der Waals surface area contributed by atoms with Crippen LogP contribution in [0.5, 0.6) is 0 Å². The first kappa shape index (κ1) is 13.6. The molecule has 3 nitrogen and oxygen atoms in total. The molecule has 2 aliphatic heterocycles. The summed E-state index contributed by atoms with van der Waals surface area (Å²) in [7, 11) is 0. The summed E-state index contributed by atoms with van der Waals surface area (Å²) in [4.78, 5) is 5.23. The first-order valence-electron chi connectivity index (χ1n) is 7.80. The van der Waals surface area contributed by atoms with E-state index in [-0.39, 0.29) is 0 Å². The quantitative estimate of drug-likeness (QED) is 0.845. The number of piperidine rings is 1. The first-order valence-corrected chi connectivity index (χ1v) is 7.80. The predicted octanol–water partition coefficient (Wildman–Crippen LogP) is 2.62. The molecular weight excluding hydrogens is 246 g/mol. The van der Waals surface area contributed by atoms with Gasteiger partial charge in [-0.1, -0.05) is 18.6 Å². The van der Waals surface area contributed by atoms with Crippen LogP contribution in [-0.4, -0.2) is 42.0 Å². The molecule has 1 aromatic rings. The maximum atomic E-state index is 8.96. The number of rotatable bonds is 3. The smallest absolute Gasteiger partial charge is 0.0991 e. The van der Waals surface area contributed by atoms with Gasteiger partial charge in [-0.2, -0.15) is 5.26 Å². The highest BCUT2D eigenvalue weighted by Gasteiger charge is 2.28. The van der Waals surface area contributed by atoms with Gasteiger partial charge in [0.1, 0.15) is 0 Å². The van der Waals surface area contributed by atoms with E-state index in [1.165, 1.54) is 57.4 Å². The van der Waals surface area contributed by atoms with Gasteiger partial charge in [0.25, 0.3) is 0 Å². The average molecular weight is 269 g/mol. The zero-order chi connectivity index (χ0) is 13.8. The average Bonchev–Trinajstić information content (AvgIpc) is 2.97. The molecule has 1 aromatic carbocycles. The Balaban J connectivity index is 1.55. The first-order chi connectivity index (χ1) is 9.85. The maximum absolute atomic E-state index is 8.96. The molecule has 2 heterocycles. The minimum atomic E-state index is 0.759. The lowest BCUT2D eigenvalue weighted by molar-refractivity contribution is 0.161. The Hall–Kier alpha value is -1.37. The molecule has 0 aromatic heterocycles. The van der Waals surface area contributed by atoms with E-state index in [1.807, 2.05) is 18.2 Å². The van der Waals surface area contributed by atoms with Crippen LogP contribution in [0.1, 0.15) is 36.8 Å². The van der Waals surface area contributed by atoms with E-state index in [2.05, 4.69) is 21.9 Å². The maximum Gasteiger partial charge on any atom is 0.0991 e. The molecule has 0 saturated carbocycles. The van der Waals surface area contributed by atoms with Crippen molar-refractivity contribution in [2.75, 3.05) is 26.2 Å². The number of nitriles is 1. The predicted molar refractivity (Wildman–Crippen MR) is 80.3 cm³/mol. The van der Waals surface area contributed by atoms with E-state index >= 15 is 0 Å². The van der Waals surface area contributed by atoms with Crippen LogP contribution >= 0.6 is 0 Å². The topological polar surface area (TPSA) is 30.3 Å². The van der Waals surface area contributed by atoms with Gasteiger partial charge in [0.2, 0.25) is 0 Å². The molecule has 3 heteroatoms. The second-order valence-electron chi connectivity index (χ2n) is 6.09. The Bertz CT molecular complexity index is 485. The van der Waals surface area contributed by atoms with E-state index in [0.29, 0.717) is 0 Å². The van der Waals surface area contributed by atoms with Crippen LogP contribution in [0.3, 0.4) is 0 Å². The number of nitrogens with zero attached hydrogens (tertiary/aromatic N) is 3. The van der Waals surface area contributed by atoms with Gasteiger partial charge in [0.15, 0.2) is 0 Å². The lowest BCUT2D eigenvalue weighted by Gasteiger charge is -2.32. The minimum absolute atomic E-state index is 0.759. The highest BCUT2D eigenvalue weighted by Crippen LogP contribution is 2.21. The third-order valence-electron chi connectivity index (χ3n) is 4.62. The fraction of sp³-hybridized carbons (Fsp3) is 0.588. The number of hydrogen-bond acceptors (Lipinski definition) is 3. The Morgan fingerprint density at radius 1 is 1.15 bits per heavy atom. The molecule has 2 aliphatic rings. The van der Waals surface area contributed by atoms with Crippen molar-refractivity contribution in [1.29, 1.82) is 5.26 Å². The molecule has 0 aliphatic carbocycles. The SMILES string of the molecule is N#Cc1cccc(CN2CC[C@H](N3CCCCC3)C2)c1. The van der Waals surface area contributed by atoms with Crippen LogP contribution in [0, 0.1) is 11.3 Å². The Morgan fingerprint density at radius 3 is 2.80 bits per heavy atom. The molecule has 20 heavy (non-hydrogen) atoms. The van der Waals surface area contributed by atoms with Crippen molar-refractivity contribution in [1.82, 2.24) is 9.80 Å². The fourth-order valence-electron chi connectivity index (χ4n) is 3.53. The number of hydrogen-bond donors (Lipinski definition) is 0. The second-order valence-corrected chi connectivity index (χ2v) is 6.09. The van der Waals surface area contributed by atoms with E-state index in [0.717, 1.165) is 18.2 Å². The van der Waals surface area contributed by atoms with Crippen LogP contribution in [0.25, 0.3) is 0 Å². The highest BCUT2D eigenvalue weighted by molar-refractivity contribution is 5.32. The van der Waals surface area contributed by atoms with Crippen molar-refractivity contribution in [3.63, 3.8) is 0 Å². The molecule has 1 atom stereocenters. The van der Waals surface area contributed by atoms with Gasteiger partial charge >= 0.3 is 0 Å². The highest BCUT2D eigenvalue weighted by atomic mass is 15.3. The summed E-state index contributed by atoms with van der Waals surface area (Å²) in [6.07, 6.45) is 5.47. The van der Waals surface area contributed by atoms with Crippen molar-refractivity contribution < 1.29 is 0 Å². The van der Waals surface area contributed by atoms with Crippen LogP contribution in [0.4, 0.5) is 0 Å². The molecule has 0 N–H and O–H groups in total. The summed E-state index contributed by atoms with van der Waals surface area (Å²) < 4.78 is 0. The van der Waals surface area contributed by atoms with Crippen LogP contribution in [0.2, 0.25) is 0 Å². The van der Waals surface area contributed by atoms with Gasteiger partial charge in [0.05, 0.1) is 11.6 Å². The summed E-state index contributed by atoms with van der Waals surface area (Å²) in [5.41, 5.74) is 2.04.